The summed E-state index contributed by atoms with van der Waals surface area (Å²) >= 11 is 0. The highest BCUT2D eigenvalue weighted by Crippen LogP contribution is 2.26. The van der Waals surface area contributed by atoms with E-state index in [2.05, 4.69) is 40.8 Å². The lowest BCUT2D eigenvalue weighted by molar-refractivity contribution is 0.199. The van der Waals surface area contributed by atoms with Crippen molar-refractivity contribution in [1.82, 2.24) is 19.8 Å². The molecular weight excluding hydrogens is 248 g/mol. The van der Waals surface area contributed by atoms with Gasteiger partial charge in [-0.2, -0.15) is 0 Å². The quantitative estimate of drug-likeness (QED) is 0.831. The maximum atomic E-state index is 4.42. The number of likely N-dealkylation sites (N-methyl/N-ethyl adjacent to an activating group) is 2. The molecular formula is C16H30N4. The van der Waals surface area contributed by atoms with E-state index in [1.165, 1.54) is 32.1 Å². The molecule has 1 saturated carbocycles. The Labute approximate surface area is 123 Å². The summed E-state index contributed by atoms with van der Waals surface area (Å²) in [6.45, 7) is 5.33. The molecule has 0 amide bonds. The van der Waals surface area contributed by atoms with Crippen LogP contribution in [0.4, 0.5) is 0 Å². The number of hydrogen-bond acceptors (Lipinski definition) is 3. The van der Waals surface area contributed by atoms with Crippen molar-refractivity contribution in [2.45, 2.75) is 51.6 Å². The van der Waals surface area contributed by atoms with Gasteiger partial charge in [0.2, 0.25) is 0 Å². The summed E-state index contributed by atoms with van der Waals surface area (Å²) in [5, 5.41) is 3.71. The van der Waals surface area contributed by atoms with Gasteiger partial charge in [-0.05, 0) is 32.4 Å². The summed E-state index contributed by atoms with van der Waals surface area (Å²) in [5.74, 6) is 2.00. The molecule has 20 heavy (non-hydrogen) atoms. The molecule has 2 rings (SSSR count). The van der Waals surface area contributed by atoms with Crippen molar-refractivity contribution in [2.75, 3.05) is 20.1 Å². The van der Waals surface area contributed by atoms with E-state index in [9.17, 15) is 0 Å². The van der Waals surface area contributed by atoms with Crippen molar-refractivity contribution in [3.05, 3.63) is 18.2 Å². The van der Waals surface area contributed by atoms with Gasteiger partial charge in [-0.25, -0.2) is 4.98 Å². The third-order valence-corrected chi connectivity index (χ3v) is 4.53. The molecule has 1 aromatic heterocycles. The van der Waals surface area contributed by atoms with E-state index in [4.69, 9.17) is 0 Å². The molecule has 1 aromatic rings. The van der Waals surface area contributed by atoms with Gasteiger partial charge in [-0.15, -0.1) is 0 Å². The normalized spacial score (nSPS) is 18.6. The van der Waals surface area contributed by atoms with Crippen LogP contribution in [0.15, 0.2) is 12.4 Å². The Bertz CT molecular complexity index is 382. The van der Waals surface area contributed by atoms with E-state index in [0.717, 1.165) is 31.4 Å². The molecule has 4 heteroatoms. The first-order valence-corrected chi connectivity index (χ1v) is 8.08. The molecule has 1 fully saturated rings. The summed E-state index contributed by atoms with van der Waals surface area (Å²) in [6.07, 6.45) is 10.9. The maximum Gasteiger partial charge on any atom is 0.122 e. The molecule has 0 radical (unpaired) electrons. The number of aryl methyl sites for hydroxylation is 1. The maximum absolute atomic E-state index is 4.42. The van der Waals surface area contributed by atoms with Crippen LogP contribution in [0.1, 0.15) is 44.9 Å². The SMILES string of the molecule is CCNC(CN(C)Cc1nccn1C)C1CCCCC1. The van der Waals surface area contributed by atoms with Crippen LogP contribution >= 0.6 is 0 Å². The van der Waals surface area contributed by atoms with Crippen LogP contribution in [0.5, 0.6) is 0 Å². The van der Waals surface area contributed by atoms with Gasteiger partial charge in [-0.1, -0.05) is 26.2 Å². The van der Waals surface area contributed by atoms with Gasteiger partial charge in [0.25, 0.3) is 0 Å². The lowest BCUT2D eigenvalue weighted by Crippen LogP contribution is -2.45. The highest BCUT2D eigenvalue weighted by Gasteiger charge is 2.24. The summed E-state index contributed by atoms with van der Waals surface area (Å²) in [7, 11) is 4.28. The molecule has 0 aromatic carbocycles. The lowest BCUT2D eigenvalue weighted by Gasteiger charge is -2.33. The molecule has 1 atom stereocenters. The van der Waals surface area contributed by atoms with E-state index in [1.807, 2.05) is 12.4 Å². The molecule has 1 aliphatic carbocycles. The summed E-state index contributed by atoms with van der Waals surface area (Å²) in [4.78, 5) is 6.83. The van der Waals surface area contributed by atoms with Gasteiger partial charge in [0.05, 0.1) is 6.54 Å². The first-order chi connectivity index (χ1) is 9.70. The fourth-order valence-electron chi connectivity index (χ4n) is 3.37. The second kappa shape index (κ2) is 7.79. The predicted octanol–water partition coefficient (Wildman–Crippen LogP) is 2.41. The van der Waals surface area contributed by atoms with Crippen molar-refractivity contribution in [3.8, 4) is 0 Å². The number of nitrogens with one attached hydrogen (secondary N) is 1. The topological polar surface area (TPSA) is 33.1 Å². The summed E-state index contributed by atoms with van der Waals surface area (Å²) < 4.78 is 2.11. The van der Waals surface area contributed by atoms with Crippen LogP contribution in [0, 0.1) is 5.92 Å². The monoisotopic (exact) mass is 278 g/mol. The number of hydrogen-bond donors (Lipinski definition) is 1. The fraction of sp³-hybridized carbons (Fsp3) is 0.812. The molecule has 1 unspecified atom stereocenters. The fourth-order valence-corrected chi connectivity index (χ4v) is 3.37. The third kappa shape index (κ3) is 4.32. The minimum Gasteiger partial charge on any atom is -0.337 e. The zero-order valence-corrected chi connectivity index (χ0v) is 13.3. The summed E-state index contributed by atoms with van der Waals surface area (Å²) in [6, 6.07) is 0.630. The number of imidazole rings is 1. The molecule has 1 heterocycles. The van der Waals surface area contributed by atoms with Crippen LogP contribution in [-0.2, 0) is 13.6 Å². The molecule has 0 saturated heterocycles. The zero-order chi connectivity index (χ0) is 14.4. The van der Waals surface area contributed by atoms with Crippen LogP contribution in [0.2, 0.25) is 0 Å². The van der Waals surface area contributed by atoms with Crippen molar-refractivity contribution in [2.24, 2.45) is 13.0 Å². The van der Waals surface area contributed by atoms with Gasteiger partial charge in [0.1, 0.15) is 5.82 Å². The molecule has 114 valence electrons. The van der Waals surface area contributed by atoms with Gasteiger partial charge in [-0.3, -0.25) is 4.90 Å². The largest absolute Gasteiger partial charge is 0.337 e. The smallest absolute Gasteiger partial charge is 0.122 e. The van der Waals surface area contributed by atoms with Crippen molar-refractivity contribution in [1.29, 1.82) is 0 Å². The van der Waals surface area contributed by atoms with Crippen LogP contribution in [-0.4, -0.2) is 40.6 Å². The highest BCUT2D eigenvalue weighted by molar-refractivity contribution is 4.91. The number of rotatable bonds is 7. The Hall–Kier alpha value is -0.870. The Morgan fingerprint density at radius 3 is 2.75 bits per heavy atom. The van der Waals surface area contributed by atoms with Crippen molar-refractivity contribution in [3.63, 3.8) is 0 Å². The average Bonchev–Trinajstić information content (AvgIpc) is 2.85. The Morgan fingerprint density at radius 1 is 1.40 bits per heavy atom. The minimum atomic E-state index is 0.630. The molecule has 1 N–H and O–H groups in total. The first kappa shape index (κ1) is 15.5. The third-order valence-electron chi connectivity index (χ3n) is 4.53. The zero-order valence-electron chi connectivity index (χ0n) is 13.3. The van der Waals surface area contributed by atoms with Gasteiger partial charge in [0.15, 0.2) is 0 Å². The Morgan fingerprint density at radius 2 is 2.15 bits per heavy atom. The van der Waals surface area contributed by atoms with Crippen LogP contribution in [0.25, 0.3) is 0 Å². The molecule has 0 bridgehead atoms. The van der Waals surface area contributed by atoms with Crippen LogP contribution < -0.4 is 5.32 Å². The standard InChI is InChI=1S/C16H30N4/c1-4-17-15(14-8-6-5-7-9-14)12-19(2)13-16-18-10-11-20(16)3/h10-11,14-15,17H,4-9,12-13H2,1-3H3. The van der Waals surface area contributed by atoms with Crippen molar-refractivity contribution >= 4 is 0 Å². The lowest BCUT2D eigenvalue weighted by atomic mass is 9.83. The first-order valence-electron chi connectivity index (χ1n) is 8.08. The molecule has 4 nitrogen and oxygen atoms in total. The Balaban J connectivity index is 1.88. The second-order valence-corrected chi connectivity index (χ2v) is 6.21. The highest BCUT2D eigenvalue weighted by atomic mass is 15.2. The van der Waals surface area contributed by atoms with E-state index < -0.39 is 0 Å². The van der Waals surface area contributed by atoms with Crippen molar-refractivity contribution < 1.29 is 0 Å². The van der Waals surface area contributed by atoms with E-state index in [0.29, 0.717) is 6.04 Å². The van der Waals surface area contributed by atoms with Gasteiger partial charge < -0.3 is 9.88 Å². The predicted molar refractivity (Wildman–Crippen MR) is 83.6 cm³/mol. The van der Waals surface area contributed by atoms with E-state index in [1.54, 1.807) is 0 Å². The number of aromatic nitrogens is 2. The summed E-state index contributed by atoms with van der Waals surface area (Å²) in [5.41, 5.74) is 0. The average molecular weight is 278 g/mol. The minimum absolute atomic E-state index is 0.630. The molecule has 0 spiro atoms. The van der Waals surface area contributed by atoms with Gasteiger partial charge >= 0.3 is 0 Å². The van der Waals surface area contributed by atoms with E-state index >= 15 is 0 Å². The molecule has 0 aliphatic heterocycles. The van der Waals surface area contributed by atoms with Crippen LogP contribution in [0.3, 0.4) is 0 Å². The van der Waals surface area contributed by atoms with E-state index in [-0.39, 0.29) is 0 Å². The Kier molecular flexibility index (Phi) is 6.05. The van der Waals surface area contributed by atoms with Gasteiger partial charge in [0, 0.05) is 32.0 Å². The molecule has 1 aliphatic rings. The number of nitrogens with zero attached hydrogens (tertiary/aromatic N) is 3. The second-order valence-electron chi connectivity index (χ2n) is 6.21.